The number of nitrogens with one attached hydrogen (secondary N) is 1. The van der Waals surface area contributed by atoms with Gasteiger partial charge in [0, 0.05) is 25.0 Å². The predicted molar refractivity (Wildman–Crippen MR) is 61.6 cm³/mol. The molecule has 0 saturated heterocycles. The fourth-order valence-corrected chi connectivity index (χ4v) is 2.17. The number of aromatic nitrogens is 2. The third-order valence-electron chi connectivity index (χ3n) is 3.30. The lowest BCUT2D eigenvalue weighted by molar-refractivity contribution is 0.265. The largest absolute Gasteiger partial charge is 0.312 e. The van der Waals surface area contributed by atoms with Gasteiger partial charge in [0.25, 0.3) is 0 Å². The number of nitrogens with zero attached hydrogens (tertiary/aromatic N) is 2. The zero-order valence-electron chi connectivity index (χ0n) is 9.52. The van der Waals surface area contributed by atoms with E-state index in [2.05, 4.69) is 17.3 Å². The third-order valence-corrected chi connectivity index (χ3v) is 3.30. The van der Waals surface area contributed by atoms with E-state index in [-0.39, 0.29) is 0 Å². The smallest absolute Gasteiger partial charge is 0.0534 e. The summed E-state index contributed by atoms with van der Waals surface area (Å²) < 4.78 is 1.98. The first-order valence-electron chi connectivity index (χ1n) is 6.05. The molecule has 0 bridgehead atoms. The summed E-state index contributed by atoms with van der Waals surface area (Å²) >= 11 is 0. The van der Waals surface area contributed by atoms with Crippen LogP contribution in [0.1, 0.15) is 32.6 Å². The Morgan fingerprint density at radius 2 is 2.40 bits per heavy atom. The maximum absolute atomic E-state index is 4.18. The molecule has 1 aromatic heterocycles. The molecule has 0 aromatic carbocycles. The van der Waals surface area contributed by atoms with Gasteiger partial charge in [-0.3, -0.25) is 4.68 Å². The van der Waals surface area contributed by atoms with Gasteiger partial charge in [0.15, 0.2) is 0 Å². The van der Waals surface area contributed by atoms with E-state index in [1.807, 2.05) is 23.1 Å². The minimum Gasteiger partial charge on any atom is -0.312 e. The van der Waals surface area contributed by atoms with Gasteiger partial charge in [0.1, 0.15) is 0 Å². The van der Waals surface area contributed by atoms with Crippen LogP contribution in [0.3, 0.4) is 0 Å². The van der Waals surface area contributed by atoms with Crippen LogP contribution in [0, 0.1) is 5.92 Å². The molecule has 0 spiro atoms. The molecule has 1 fully saturated rings. The van der Waals surface area contributed by atoms with Crippen molar-refractivity contribution in [2.24, 2.45) is 5.92 Å². The molecule has 1 saturated carbocycles. The Hall–Kier alpha value is -0.830. The van der Waals surface area contributed by atoms with Crippen LogP contribution >= 0.6 is 0 Å². The SMILES string of the molecule is CC(CC1CCC1)NCCn1cccn1. The van der Waals surface area contributed by atoms with E-state index in [1.54, 1.807) is 0 Å². The summed E-state index contributed by atoms with van der Waals surface area (Å²) in [5, 5.41) is 7.74. The van der Waals surface area contributed by atoms with Crippen molar-refractivity contribution in [3.05, 3.63) is 18.5 Å². The minimum absolute atomic E-state index is 0.658. The lowest BCUT2D eigenvalue weighted by Gasteiger charge is -2.28. The molecule has 2 rings (SSSR count). The van der Waals surface area contributed by atoms with Crippen LogP contribution in [0.4, 0.5) is 0 Å². The van der Waals surface area contributed by atoms with Gasteiger partial charge in [-0.15, -0.1) is 0 Å². The van der Waals surface area contributed by atoms with Crippen LogP contribution in [-0.2, 0) is 6.54 Å². The standard InChI is InChI=1S/C12H21N3/c1-11(10-12-4-2-5-12)13-7-9-15-8-3-6-14-15/h3,6,8,11-13H,2,4-5,7,9-10H2,1H3. The summed E-state index contributed by atoms with van der Waals surface area (Å²) in [5.41, 5.74) is 0. The van der Waals surface area contributed by atoms with E-state index in [0.29, 0.717) is 6.04 Å². The molecule has 0 aliphatic heterocycles. The Kier molecular flexibility index (Phi) is 3.78. The van der Waals surface area contributed by atoms with Crippen molar-refractivity contribution >= 4 is 0 Å². The second kappa shape index (κ2) is 5.31. The molecule has 1 heterocycles. The fourth-order valence-electron chi connectivity index (χ4n) is 2.17. The Morgan fingerprint density at radius 3 is 3.00 bits per heavy atom. The first kappa shape index (κ1) is 10.7. The molecule has 0 radical (unpaired) electrons. The summed E-state index contributed by atoms with van der Waals surface area (Å²) in [6, 6.07) is 2.63. The molecule has 1 aliphatic carbocycles. The number of hydrogen-bond acceptors (Lipinski definition) is 2. The van der Waals surface area contributed by atoms with E-state index < -0.39 is 0 Å². The summed E-state index contributed by atoms with van der Waals surface area (Å²) in [4.78, 5) is 0. The summed E-state index contributed by atoms with van der Waals surface area (Å²) in [5.74, 6) is 0.997. The van der Waals surface area contributed by atoms with E-state index in [1.165, 1.54) is 25.7 Å². The number of rotatable bonds is 6. The highest BCUT2D eigenvalue weighted by Gasteiger charge is 2.19. The monoisotopic (exact) mass is 207 g/mol. The lowest BCUT2D eigenvalue weighted by atomic mass is 9.81. The van der Waals surface area contributed by atoms with E-state index >= 15 is 0 Å². The summed E-state index contributed by atoms with van der Waals surface area (Å²) in [6.45, 7) is 4.29. The van der Waals surface area contributed by atoms with Crippen LogP contribution < -0.4 is 5.32 Å². The van der Waals surface area contributed by atoms with Crippen LogP contribution in [0.5, 0.6) is 0 Å². The van der Waals surface area contributed by atoms with Crippen LogP contribution in [0.2, 0.25) is 0 Å². The third kappa shape index (κ3) is 3.34. The van der Waals surface area contributed by atoms with Crippen molar-refractivity contribution in [1.82, 2.24) is 15.1 Å². The Bertz CT molecular complexity index is 264. The van der Waals surface area contributed by atoms with Gasteiger partial charge in [0.05, 0.1) is 6.54 Å². The van der Waals surface area contributed by atoms with Gasteiger partial charge in [0.2, 0.25) is 0 Å². The molecule has 1 N–H and O–H groups in total. The van der Waals surface area contributed by atoms with Crippen molar-refractivity contribution in [2.75, 3.05) is 6.54 Å². The van der Waals surface area contributed by atoms with Gasteiger partial charge in [-0.2, -0.15) is 5.10 Å². The average molecular weight is 207 g/mol. The van der Waals surface area contributed by atoms with Crippen LogP contribution in [-0.4, -0.2) is 22.4 Å². The second-order valence-electron chi connectivity index (χ2n) is 4.66. The molecule has 0 amide bonds. The van der Waals surface area contributed by atoms with Crippen molar-refractivity contribution in [1.29, 1.82) is 0 Å². The molecule has 1 unspecified atom stereocenters. The molecule has 1 atom stereocenters. The van der Waals surface area contributed by atoms with Crippen LogP contribution in [0.15, 0.2) is 18.5 Å². The van der Waals surface area contributed by atoms with Crippen molar-refractivity contribution in [2.45, 2.75) is 45.2 Å². The van der Waals surface area contributed by atoms with E-state index in [9.17, 15) is 0 Å². The van der Waals surface area contributed by atoms with Gasteiger partial charge in [-0.1, -0.05) is 19.3 Å². The maximum Gasteiger partial charge on any atom is 0.0534 e. The maximum atomic E-state index is 4.18. The minimum atomic E-state index is 0.658. The van der Waals surface area contributed by atoms with Gasteiger partial charge in [-0.05, 0) is 25.3 Å². The molecular weight excluding hydrogens is 186 g/mol. The van der Waals surface area contributed by atoms with Crippen molar-refractivity contribution < 1.29 is 0 Å². The van der Waals surface area contributed by atoms with Crippen molar-refractivity contribution in [3.63, 3.8) is 0 Å². The molecule has 1 aromatic rings. The van der Waals surface area contributed by atoms with Crippen molar-refractivity contribution in [3.8, 4) is 0 Å². The van der Waals surface area contributed by atoms with Gasteiger partial charge < -0.3 is 5.32 Å². The van der Waals surface area contributed by atoms with Gasteiger partial charge in [-0.25, -0.2) is 0 Å². The Labute approximate surface area is 91.9 Å². The Morgan fingerprint density at radius 1 is 1.53 bits per heavy atom. The summed E-state index contributed by atoms with van der Waals surface area (Å²) in [7, 11) is 0. The average Bonchev–Trinajstić information content (AvgIpc) is 2.64. The molecular formula is C12H21N3. The molecule has 3 nitrogen and oxygen atoms in total. The lowest BCUT2D eigenvalue weighted by Crippen LogP contribution is -2.32. The van der Waals surface area contributed by atoms with Gasteiger partial charge >= 0.3 is 0 Å². The second-order valence-corrected chi connectivity index (χ2v) is 4.66. The Balaban J connectivity index is 1.56. The first-order chi connectivity index (χ1) is 7.34. The zero-order valence-corrected chi connectivity index (χ0v) is 9.52. The highest BCUT2D eigenvalue weighted by Crippen LogP contribution is 2.30. The first-order valence-corrected chi connectivity index (χ1v) is 6.05. The zero-order chi connectivity index (χ0) is 10.5. The fraction of sp³-hybridized carbons (Fsp3) is 0.750. The molecule has 1 aliphatic rings. The van der Waals surface area contributed by atoms with Crippen LogP contribution in [0.25, 0.3) is 0 Å². The molecule has 15 heavy (non-hydrogen) atoms. The molecule has 3 heteroatoms. The number of hydrogen-bond donors (Lipinski definition) is 1. The topological polar surface area (TPSA) is 29.9 Å². The normalized spacial score (nSPS) is 18.7. The highest BCUT2D eigenvalue weighted by atomic mass is 15.3. The molecule has 84 valence electrons. The predicted octanol–water partition coefficient (Wildman–Crippen LogP) is 2.05. The summed E-state index contributed by atoms with van der Waals surface area (Å²) in [6.07, 6.45) is 9.54. The van der Waals surface area contributed by atoms with E-state index in [0.717, 1.165) is 19.0 Å². The quantitative estimate of drug-likeness (QED) is 0.773. The highest BCUT2D eigenvalue weighted by molar-refractivity contribution is 4.78. The van der Waals surface area contributed by atoms with E-state index in [4.69, 9.17) is 0 Å².